The van der Waals surface area contributed by atoms with Gasteiger partial charge in [0.1, 0.15) is 0 Å². The molecule has 0 saturated carbocycles. The molecule has 0 amide bonds. The molecule has 2 aromatic heterocycles. The van der Waals surface area contributed by atoms with Gasteiger partial charge in [-0.15, -0.1) is 0 Å². The lowest BCUT2D eigenvalue weighted by Gasteiger charge is -2.25. The van der Waals surface area contributed by atoms with Gasteiger partial charge in [-0.1, -0.05) is 115 Å². The van der Waals surface area contributed by atoms with E-state index >= 15 is 0 Å². The maximum Gasteiger partial charge on any atom is 0.175 e. The third kappa shape index (κ3) is 19.6. The van der Waals surface area contributed by atoms with Crippen molar-refractivity contribution in [1.82, 2.24) is 0 Å². The molecule has 4 rings (SSSR count). The molecule has 0 radical (unpaired) electrons. The van der Waals surface area contributed by atoms with Crippen LogP contribution in [0.2, 0.25) is 0 Å². The van der Waals surface area contributed by atoms with E-state index in [1.807, 2.05) is 61.2 Å². The Labute approximate surface area is 338 Å². The Balaban J connectivity index is 0.000000501. The van der Waals surface area contributed by atoms with Gasteiger partial charge in [-0.05, 0) is 61.1 Å². The first kappa shape index (κ1) is 46.8. The molecule has 284 valence electrons. The van der Waals surface area contributed by atoms with Crippen LogP contribution in [0.15, 0.2) is 110 Å². The highest BCUT2D eigenvalue weighted by molar-refractivity contribution is 5.61. The van der Waals surface area contributed by atoms with Gasteiger partial charge in [-0.2, -0.15) is 9.13 Å². The van der Waals surface area contributed by atoms with Gasteiger partial charge >= 0.3 is 0 Å². The van der Waals surface area contributed by atoms with Crippen molar-refractivity contribution in [2.24, 2.45) is 0 Å². The lowest BCUT2D eigenvalue weighted by Crippen LogP contribution is -3.00. The van der Waals surface area contributed by atoms with E-state index < -0.39 is 0 Å². The molecule has 52 heavy (non-hydrogen) atoms. The second kappa shape index (κ2) is 30.3. The number of hydrogen-bond donors (Lipinski definition) is 0. The summed E-state index contributed by atoms with van der Waals surface area (Å²) in [6.45, 7) is 13.8. The third-order valence-electron chi connectivity index (χ3n) is 9.00. The van der Waals surface area contributed by atoms with Crippen molar-refractivity contribution in [3.63, 3.8) is 0 Å². The molecule has 0 spiro atoms. The molecule has 0 aliphatic carbocycles. The molecule has 0 unspecified atom stereocenters. The first-order valence-electron chi connectivity index (χ1n) is 19.6. The van der Waals surface area contributed by atoms with Crippen molar-refractivity contribution in [2.45, 2.75) is 105 Å². The van der Waals surface area contributed by atoms with Gasteiger partial charge in [-0.3, -0.25) is 0 Å². The lowest BCUT2D eigenvalue weighted by molar-refractivity contribution is -0.567. The van der Waals surface area contributed by atoms with E-state index in [4.69, 9.17) is 0 Å². The van der Waals surface area contributed by atoms with Crippen LogP contribution in [0.5, 0.6) is 0 Å². The minimum absolute atomic E-state index is 0. The summed E-state index contributed by atoms with van der Waals surface area (Å²) in [5.74, 6) is 0. The number of aromatic nitrogens is 2. The van der Waals surface area contributed by atoms with Crippen LogP contribution in [0.3, 0.4) is 0 Å². The molecule has 0 aliphatic rings. The average Bonchev–Trinajstić information content (AvgIpc) is 3.17. The summed E-state index contributed by atoms with van der Waals surface area (Å²) in [4.78, 5) is 5.12. The predicted octanol–water partition coefficient (Wildman–Crippen LogP) is 5.59. The highest BCUT2D eigenvalue weighted by Crippen LogP contribution is 2.20. The molecule has 0 bridgehead atoms. The fraction of sp³-hybridized carbons (Fsp3) is 0.435. The van der Waals surface area contributed by atoms with Gasteiger partial charge < -0.3 is 43.8 Å². The highest BCUT2D eigenvalue weighted by Gasteiger charge is 2.07. The minimum atomic E-state index is 0. The number of benzene rings is 2. The van der Waals surface area contributed by atoms with Crippen LogP contribution in [0, 0.1) is 0 Å². The smallest absolute Gasteiger partial charge is 0.175 e. The number of halogens is 2. The Morgan fingerprint density at radius 3 is 0.962 bits per heavy atom. The number of nitrogens with zero attached hydrogens (tertiary/aromatic N) is 4. The van der Waals surface area contributed by atoms with Crippen LogP contribution in [0.4, 0.5) is 11.4 Å². The molecule has 0 atom stereocenters. The van der Waals surface area contributed by atoms with Gasteiger partial charge in [0.25, 0.3) is 0 Å². The quantitative estimate of drug-likeness (QED) is 0.0759. The minimum Gasteiger partial charge on any atom is -1.00 e. The summed E-state index contributed by atoms with van der Waals surface area (Å²) in [5.41, 5.74) is 5.19. The van der Waals surface area contributed by atoms with Crippen LogP contribution in [-0.4, -0.2) is 26.2 Å². The number of rotatable bonds is 22. The number of anilines is 2. The zero-order valence-corrected chi connectivity index (χ0v) is 35.7. The van der Waals surface area contributed by atoms with Gasteiger partial charge in [0.15, 0.2) is 37.2 Å². The number of pyridine rings is 2. The van der Waals surface area contributed by atoms with Crippen molar-refractivity contribution in [2.75, 3.05) is 36.0 Å². The molecule has 6 heteroatoms. The van der Waals surface area contributed by atoms with Crippen molar-refractivity contribution >= 4 is 35.9 Å². The molecule has 0 aliphatic heterocycles. The van der Waals surface area contributed by atoms with E-state index in [2.05, 4.69) is 120 Å². The Kier molecular flexibility index (Phi) is 27.2. The van der Waals surface area contributed by atoms with Crippen LogP contribution in [0.1, 0.15) is 116 Å². The number of unbranched alkanes of at least 4 members (excludes halogenated alkanes) is 8. The number of hydrogen-bond acceptors (Lipinski definition) is 2. The van der Waals surface area contributed by atoms with Crippen LogP contribution >= 0.6 is 0 Å². The second-order valence-corrected chi connectivity index (χ2v) is 13.3. The molecule has 4 aromatic rings. The fourth-order valence-corrected chi connectivity index (χ4v) is 5.91. The van der Waals surface area contributed by atoms with E-state index in [1.165, 1.54) is 126 Å². The monoisotopic (exact) mass is 832 g/mol. The molecule has 0 saturated heterocycles. The maximum atomic E-state index is 2.56. The zero-order chi connectivity index (χ0) is 35.5. The van der Waals surface area contributed by atoms with Crippen molar-refractivity contribution in [3.05, 3.63) is 121 Å². The van der Waals surface area contributed by atoms with Crippen LogP contribution < -0.4 is 52.9 Å². The summed E-state index contributed by atoms with van der Waals surface area (Å²) < 4.78 is 4.13. The van der Waals surface area contributed by atoms with Crippen LogP contribution in [-0.2, 0) is 0 Å². The molecule has 0 N–H and O–H groups in total. The fourth-order valence-electron chi connectivity index (χ4n) is 5.91. The Bertz CT molecular complexity index is 1310. The van der Waals surface area contributed by atoms with Gasteiger partial charge in [0.05, 0.1) is 0 Å². The van der Waals surface area contributed by atoms with Crippen LogP contribution in [0.25, 0.3) is 24.6 Å². The molecule has 2 heterocycles. The van der Waals surface area contributed by atoms with E-state index in [9.17, 15) is 0 Å². The highest BCUT2D eigenvalue weighted by atomic mass is 79.9. The molecule has 2 aromatic carbocycles. The van der Waals surface area contributed by atoms with E-state index in [-0.39, 0.29) is 34.0 Å². The Morgan fingerprint density at radius 2 is 0.692 bits per heavy atom. The second-order valence-electron chi connectivity index (χ2n) is 13.3. The summed E-state index contributed by atoms with van der Waals surface area (Å²) in [7, 11) is 0. The Morgan fingerprint density at radius 1 is 0.404 bits per heavy atom. The van der Waals surface area contributed by atoms with Gasteiger partial charge in [-0.25, -0.2) is 0 Å². The van der Waals surface area contributed by atoms with E-state index in [1.54, 1.807) is 0 Å². The third-order valence-corrected chi connectivity index (χ3v) is 9.00. The zero-order valence-electron chi connectivity index (χ0n) is 32.6. The van der Waals surface area contributed by atoms with Gasteiger partial charge in [0, 0.05) is 74.0 Å². The van der Waals surface area contributed by atoms with Crippen molar-refractivity contribution < 1.29 is 43.1 Å². The van der Waals surface area contributed by atoms with Crippen molar-refractivity contribution in [1.29, 1.82) is 0 Å². The molecule has 4 nitrogen and oxygen atoms in total. The summed E-state index contributed by atoms with van der Waals surface area (Å²) >= 11 is 0. The van der Waals surface area contributed by atoms with Crippen molar-refractivity contribution in [3.8, 4) is 0 Å². The first-order chi connectivity index (χ1) is 24.7. The molecular formula is C46H66Br2N4. The normalized spacial score (nSPS) is 10.7. The first-order valence-corrected chi connectivity index (χ1v) is 19.6. The summed E-state index contributed by atoms with van der Waals surface area (Å²) in [6, 6.07) is 30.2. The standard InChI is InChI=1S/2C23H33N2.2BrH/c2*1-3-5-8-19-25(20-9-6-4-2)23-14-12-22(13-15-23)16-21-24-17-10-7-11-18-24;;/h2*7,10-18,21H,3-6,8-9,19-20H2,1-2H3;2*1H/q2*+1;;/p-2. The molecule has 0 fully saturated rings. The largest absolute Gasteiger partial charge is 1.00 e. The molecular weight excluding hydrogens is 768 g/mol. The topological polar surface area (TPSA) is 14.2 Å². The van der Waals surface area contributed by atoms with E-state index in [0.29, 0.717) is 0 Å². The average molecular weight is 835 g/mol. The van der Waals surface area contributed by atoms with E-state index in [0.717, 1.165) is 0 Å². The summed E-state index contributed by atoms with van der Waals surface area (Å²) in [5, 5.41) is 0. The predicted molar refractivity (Wildman–Crippen MR) is 219 cm³/mol. The SMILES string of the molecule is CCCCCN(CCCCC)c1ccc(C=C[n+]2ccccc2)cc1.CCCCCN(CCCCC)c1ccc(C=C[n+]2ccccc2)cc1.[Br-].[Br-]. The summed E-state index contributed by atoms with van der Waals surface area (Å²) in [6.07, 6.45) is 32.2. The maximum absolute atomic E-state index is 2.56. The Hall–Kier alpha value is -3.22. The lowest BCUT2D eigenvalue weighted by atomic mass is 10.1. The van der Waals surface area contributed by atoms with Gasteiger partial charge in [0.2, 0.25) is 0 Å².